The molecule has 0 amide bonds. The molecule has 2 unspecified atom stereocenters. The third-order valence-corrected chi connectivity index (χ3v) is 9.08. The van der Waals surface area contributed by atoms with Crippen LogP contribution >= 0.6 is 0 Å². The van der Waals surface area contributed by atoms with Crippen LogP contribution in [0.3, 0.4) is 0 Å². The van der Waals surface area contributed by atoms with Crippen LogP contribution in [-0.4, -0.2) is 32.1 Å². The minimum absolute atomic E-state index is 0.0415. The minimum Gasteiger partial charge on any atom is -0.368 e. The fourth-order valence-corrected chi connectivity index (χ4v) is 7.10. The Labute approximate surface area is 269 Å². The van der Waals surface area contributed by atoms with Gasteiger partial charge in [-0.05, 0) is 84.6 Å². The van der Waals surface area contributed by atoms with Crippen molar-refractivity contribution in [1.29, 1.82) is 0 Å². The topological polar surface area (TPSA) is 70.0 Å². The van der Waals surface area contributed by atoms with Crippen LogP contribution in [0.1, 0.15) is 56.9 Å². The zero-order valence-electron chi connectivity index (χ0n) is 25.9. The van der Waals surface area contributed by atoms with E-state index in [1.807, 2.05) is 86.6 Å². The number of pyridine rings is 4. The van der Waals surface area contributed by atoms with Crippen molar-refractivity contribution in [3.05, 3.63) is 166 Å². The van der Waals surface area contributed by atoms with E-state index >= 15 is 0 Å². The standard InChI is InChI=1S/C40H34N4O2/c1-25-11-7-19-33(41-25)35-21-9-13-27(43-35)23-45-39-37-29-15-3-5-17-31(29)38(32-18-6-4-16-30(32)37)40(39)46-24-28-14-10-22-36(44-28)34-20-8-12-26(2)42-34/h3-22,37-40H,23-24H2,1-2H3. The molecule has 226 valence electrons. The predicted molar refractivity (Wildman–Crippen MR) is 178 cm³/mol. The minimum atomic E-state index is -0.209. The Morgan fingerprint density at radius 2 is 0.761 bits per heavy atom. The summed E-state index contributed by atoms with van der Waals surface area (Å²) in [5, 5.41) is 0. The van der Waals surface area contributed by atoms with Gasteiger partial charge in [0.05, 0.1) is 59.6 Å². The first-order valence-electron chi connectivity index (χ1n) is 15.8. The fraction of sp³-hybridized carbons (Fsp3) is 0.200. The Kier molecular flexibility index (Phi) is 7.45. The highest BCUT2D eigenvalue weighted by molar-refractivity contribution is 5.58. The Morgan fingerprint density at radius 3 is 1.13 bits per heavy atom. The molecule has 2 aromatic carbocycles. The largest absolute Gasteiger partial charge is 0.368 e. The molecule has 4 heterocycles. The number of ether oxygens (including phenoxy) is 2. The van der Waals surface area contributed by atoms with E-state index in [0.717, 1.165) is 45.6 Å². The number of fused-ring (bicyclic) bond motifs is 1. The molecule has 0 saturated carbocycles. The molecular formula is C40H34N4O2. The second-order valence-electron chi connectivity index (χ2n) is 12.1. The highest BCUT2D eigenvalue weighted by Gasteiger charge is 2.51. The molecule has 0 spiro atoms. The normalized spacial score (nSPS) is 19.4. The summed E-state index contributed by atoms with van der Waals surface area (Å²) < 4.78 is 13.8. The molecule has 0 fully saturated rings. The van der Waals surface area contributed by atoms with Crippen LogP contribution in [0.4, 0.5) is 0 Å². The quantitative estimate of drug-likeness (QED) is 0.176. The van der Waals surface area contributed by atoms with Crippen LogP contribution in [-0.2, 0) is 22.7 Å². The highest BCUT2D eigenvalue weighted by atomic mass is 16.5. The lowest BCUT2D eigenvalue weighted by atomic mass is 9.61. The molecule has 0 N–H and O–H groups in total. The van der Waals surface area contributed by atoms with Crippen molar-refractivity contribution in [2.45, 2.75) is 51.1 Å². The van der Waals surface area contributed by atoms with Gasteiger partial charge < -0.3 is 9.47 Å². The van der Waals surface area contributed by atoms with E-state index in [9.17, 15) is 0 Å². The Bertz CT molecular complexity index is 1850. The summed E-state index contributed by atoms with van der Waals surface area (Å²) in [5.74, 6) is 0.0830. The summed E-state index contributed by atoms with van der Waals surface area (Å²) in [4.78, 5) is 19.2. The summed E-state index contributed by atoms with van der Waals surface area (Å²) in [6.07, 6.45) is -0.419. The first-order valence-corrected chi connectivity index (χ1v) is 15.8. The van der Waals surface area contributed by atoms with Gasteiger partial charge in [-0.3, -0.25) is 9.97 Å². The second kappa shape index (κ2) is 12.0. The number of aryl methyl sites for hydroxylation is 2. The van der Waals surface area contributed by atoms with Crippen LogP contribution in [0.25, 0.3) is 22.8 Å². The van der Waals surface area contributed by atoms with Crippen molar-refractivity contribution in [3.8, 4) is 22.8 Å². The summed E-state index contributed by atoms with van der Waals surface area (Å²) >= 11 is 0. The van der Waals surface area contributed by atoms with Crippen molar-refractivity contribution < 1.29 is 9.47 Å². The lowest BCUT2D eigenvalue weighted by molar-refractivity contribution is -0.110. The van der Waals surface area contributed by atoms with E-state index in [1.54, 1.807) is 0 Å². The molecule has 0 radical (unpaired) electrons. The van der Waals surface area contributed by atoms with E-state index < -0.39 is 0 Å². The first kappa shape index (κ1) is 28.4. The third-order valence-electron chi connectivity index (χ3n) is 9.08. The van der Waals surface area contributed by atoms with Gasteiger partial charge in [0.1, 0.15) is 0 Å². The molecule has 6 aromatic rings. The average molecular weight is 603 g/mol. The Morgan fingerprint density at radius 1 is 0.413 bits per heavy atom. The lowest BCUT2D eigenvalue weighted by Crippen LogP contribution is -2.49. The van der Waals surface area contributed by atoms with Crippen molar-refractivity contribution in [3.63, 3.8) is 0 Å². The summed E-state index contributed by atoms with van der Waals surface area (Å²) in [7, 11) is 0. The molecule has 0 saturated heterocycles. The molecule has 9 rings (SSSR count). The van der Waals surface area contributed by atoms with Gasteiger partial charge in [-0.2, -0.15) is 0 Å². The number of rotatable bonds is 8. The monoisotopic (exact) mass is 602 g/mol. The zero-order chi connectivity index (χ0) is 31.0. The maximum atomic E-state index is 6.90. The molecule has 3 aliphatic rings. The molecule has 4 aromatic heterocycles. The van der Waals surface area contributed by atoms with Gasteiger partial charge in [-0.1, -0.05) is 72.8 Å². The molecule has 6 heteroatoms. The smallest absolute Gasteiger partial charge is 0.0960 e. The van der Waals surface area contributed by atoms with Crippen LogP contribution in [0.5, 0.6) is 0 Å². The van der Waals surface area contributed by atoms with Crippen molar-refractivity contribution in [2.75, 3.05) is 0 Å². The SMILES string of the molecule is Cc1cccc(-c2cccc(COC3C4c5ccccc5C(c5ccccc54)C3OCc3cccc(-c4cccc(C)n4)n3)n2)n1. The van der Waals surface area contributed by atoms with E-state index in [-0.39, 0.29) is 24.0 Å². The number of nitrogens with zero attached hydrogens (tertiary/aromatic N) is 4. The molecule has 6 nitrogen and oxygen atoms in total. The van der Waals surface area contributed by atoms with Gasteiger partial charge in [0, 0.05) is 23.2 Å². The van der Waals surface area contributed by atoms with E-state index in [2.05, 4.69) is 58.5 Å². The number of hydrogen-bond donors (Lipinski definition) is 0. The van der Waals surface area contributed by atoms with Gasteiger partial charge in [-0.15, -0.1) is 0 Å². The zero-order valence-corrected chi connectivity index (χ0v) is 25.9. The Hall–Kier alpha value is -5.04. The first-order chi connectivity index (χ1) is 22.6. The van der Waals surface area contributed by atoms with E-state index in [4.69, 9.17) is 19.4 Å². The van der Waals surface area contributed by atoms with E-state index in [1.165, 1.54) is 22.3 Å². The number of hydrogen-bond acceptors (Lipinski definition) is 6. The van der Waals surface area contributed by atoms with Gasteiger partial charge in [0.2, 0.25) is 0 Å². The third kappa shape index (κ3) is 5.30. The second-order valence-corrected chi connectivity index (χ2v) is 12.1. The van der Waals surface area contributed by atoms with Crippen LogP contribution in [0.2, 0.25) is 0 Å². The van der Waals surface area contributed by atoms with Crippen molar-refractivity contribution >= 4 is 0 Å². The van der Waals surface area contributed by atoms with Crippen LogP contribution < -0.4 is 0 Å². The molecule has 0 aliphatic heterocycles. The summed E-state index contributed by atoms with van der Waals surface area (Å²) in [6, 6.07) is 41.6. The molecule has 2 bridgehead atoms. The van der Waals surface area contributed by atoms with Crippen LogP contribution in [0, 0.1) is 13.8 Å². The lowest BCUT2D eigenvalue weighted by Gasteiger charge is -2.50. The number of aromatic nitrogens is 4. The Balaban J connectivity index is 1.12. The van der Waals surface area contributed by atoms with Gasteiger partial charge in [0.15, 0.2) is 0 Å². The van der Waals surface area contributed by atoms with Gasteiger partial charge in [0.25, 0.3) is 0 Å². The van der Waals surface area contributed by atoms with Crippen LogP contribution in [0.15, 0.2) is 121 Å². The highest BCUT2D eigenvalue weighted by Crippen LogP contribution is 2.54. The molecule has 2 atom stereocenters. The molecular weight excluding hydrogens is 568 g/mol. The number of benzene rings is 2. The maximum Gasteiger partial charge on any atom is 0.0960 e. The van der Waals surface area contributed by atoms with Gasteiger partial charge in [-0.25, -0.2) is 9.97 Å². The predicted octanol–water partition coefficient (Wildman–Crippen LogP) is 7.98. The summed E-state index contributed by atoms with van der Waals surface area (Å²) in [5.41, 5.74) is 12.3. The van der Waals surface area contributed by atoms with Crippen molar-refractivity contribution in [1.82, 2.24) is 19.9 Å². The van der Waals surface area contributed by atoms with Crippen molar-refractivity contribution in [2.24, 2.45) is 0 Å². The van der Waals surface area contributed by atoms with Gasteiger partial charge >= 0.3 is 0 Å². The summed E-state index contributed by atoms with van der Waals surface area (Å²) in [6.45, 7) is 4.72. The maximum absolute atomic E-state index is 6.90. The fourth-order valence-electron chi connectivity index (χ4n) is 7.10. The molecule has 46 heavy (non-hydrogen) atoms. The molecule has 3 aliphatic carbocycles. The average Bonchev–Trinajstić information content (AvgIpc) is 3.10. The van der Waals surface area contributed by atoms with E-state index in [0.29, 0.717) is 13.2 Å².